The maximum absolute atomic E-state index is 11.0. The summed E-state index contributed by atoms with van der Waals surface area (Å²) in [5.41, 5.74) is 7.43. The Morgan fingerprint density at radius 3 is 2.67 bits per heavy atom. The van der Waals surface area contributed by atoms with Gasteiger partial charge in [0, 0.05) is 17.3 Å². The topological polar surface area (TPSA) is 56.0 Å². The lowest BCUT2D eigenvalue weighted by Gasteiger charge is -2.01. The van der Waals surface area contributed by atoms with Crippen LogP contribution in [-0.4, -0.2) is 10.9 Å². The molecule has 0 spiro atoms. The zero-order chi connectivity index (χ0) is 10.7. The van der Waals surface area contributed by atoms with E-state index in [-0.39, 0.29) is 0 Å². The van der Waals surface area contributed by atoms with Crippen molar-refractivity contribution in [1.29, 1.82) is 0 Å². The number of hydrogen-bond acceptors (Lipinski definition) is 2. The van der Waals surface area contributed by atoms with E-state index in [4.69, 9.17) is 5.73 Å². The van der Waals surface area contributed by atoms with Gasteiger partial charge in [-0.2, -0.15) is 0 Å². The minimum atomic E-state index is -0.423. The Hall–Kier alpha value is -2.16. The molecule has 1 aromatic heterocycles. The number of nitrogens with two attached hydrogens (primary N) is 1. The van der Waals surface area contributed by atoms with Crippen molar-refractivity contribution in [2.75, 3.05) is 0 Å². The van der Waals surface area contributed by atoms with Crippen LogP contribution in [0.5, 0.6) is 0 Å². The van der Waals surface area contributed by atoms with Crippen molar-refractivity contribution in [3.05, 3.63) is 54.2 Å². The summed E-state index contributed by atoms with van der Waals surface area (Å²) in [6.45, 7) is 0. The molecule has 2 N–H and O–H groups in total. The predicted molar refractivity (Wildman–Crippen MR) is 58.2 cm³/mol. The fourth-order valence-corrected chi connectivity index (χ4v) is 1.37. The van der Waals surface area contributed by atoms with Crippen LogP contribution < -0.4 is 5.73 Å². The molecule has 0 aliphatic carbocycles. The van der Waals surface area contributed by atoms with Gasteiger partial charge in [0.15, 0.2) is 0 Å². The fraction of sp³-hybridized carbons (Fsp3) is 0. The molecule has 74 valence electrons. The van der Waals surface area contributed by atoms with Crippen molar-refractivity contribution in [3.63, 3.8) is 0 Å². The second-order valence-corrected chi connectivity index (χ2v) is 3.16. The smallest absolute Gasteiger partial charge is 0.248 e. The van der Waals surface area contributed by atoms with Crippen LogP contribution in [0.15, 0.2) is 48.7 Å². The molecule has 2 aromatic rings. The SMILES string of the molecule is NC(=O)c1cccc(-c2ccccn2)c1. The van der Waals surface area contributed by atoms with E-state index < -0.39 is 5.91 Å². The number of nitrogens with zero attached hydrogens (tertiary/aromatic N) is 1. The van der Waals surface area contributed by atoms with Crippen LogP contribution in [0.3, 0.4) is 0 Å². The summed E-state index contributed by atoms with van der Waals surface area (Å²) in [4.78, 5) is 15.2. The third-order valence-electron chi connectivity index (χ3n) is 2.11. The predicted octanol–water partition coefficient (Wildman–Crippen LogP) is 1.85. The number of rotatable bonds is 2. The van der Waals surface area contributed by atoms with Gasteiger partial charge < -0.3 is 5.73 Å². The van der Waals surface area contributed by atoms with E-state index in [9.17, 15) is 4.79 Å². The zero-order valence-corrected chi connectivity index (χ0v) is 8.05. The number of amides is 1. The van der Waals surface area contributed by atoms with Crippen LogP contribution in [0.25, 0.3) is 11.3 Å². The highest BCUT2D eigenvalue weighted by Gasteiger charge is 2.02. The van der Waals surface area contributed by atoms with Crippen LogP contribution in [0.4, 0.5) is 0 Å². The molecule has 15 heavy (non-hydrogen) atoms. The van der Waals surface area contributed by atoms with Crippen LogP contribution in [-0.2, 0) is 0 Å². The number of aromatic nitrogens is 1. The van der Waals surface area contributed by atoms with Crippen LogP contribution >= 0.6 is 0 Å². The van der Waals surface area contributed by atoms with Crippen molar-refractivity contribution in [2.45, 2.75) is 0 Å². The Morgan fingerprint density at radius 2 is 2.00 bits per heavy atom. The molecule has 2 rings (SSSR count). The largest absolute Gasteiger partial charge is 0.366 e. The maximum Gasteiger partial charge on any atom is 0.248 e. The van der Waals surface area contributed by atoms with Crippen molar-refractivity contribution in [2.24, 2.45) is 5.73 Å². The van der Waals surface area contributed by atoms with Gasteiger partial charge in [-0.25, -0.2) is 0 Å². The zero-order valence-electron chi connectivity index (χ0n) is 8.05. The summed E-state index contributed by atoms with van der Waals surface area (Å²) in [6, 6.07) is 12.8. The molecule has 1 aromatic carbocycles. The Labute approximate surface area is 87.6 Å². The number of hydrogen-bond donors (Lipinski definition) is 1. The highest BCUT2D eigenvalue weighted by Crippen LogP contribution is 2.17. The number of carbonyl (C=O) groups excluding carboxylic acids is 1. The molecule has 0 saturated carbocycles. The van der Waals surface area contributed by atoms with E-state index in [0.717, 1.165) is 11.3 Å². The Morgan fingerprint density at radius 1 is 1.13 bits per heavy atom. The second-order valence-electron chi connectivity index (χ2n) is 3.16. The summed E-state index contributed by atoms with van der Waals surface area (Å²) < 4.78 is 0. The Balaban J connectivity index is 2.46. The highest BCUT2D eigenvalue weighted by molar-refractivity contribution is 5.93. The van der Waals surface area contributed by atoms with Gasteiger partial charge in [0.05, 0.1) is 5.69 Å². The first kappa shape index (κ1) is 9.40. The van der Waals surface area contributed by atoms with Gasteiger partial charge in [-0.15, -0.1) is 0 Å². The number of benzene rings is 1. The third kappa shape index (κ3) is 2.02. The first-order valence-electron chi connectivity index (χ1n) is 4.58. The molecule has 3 heteroatoms. The van der Waals surface area contributed by atoms with Gasteiger partial charge in [0.25, 0.3) is 0 Å². The minimum Gasteiger partial charge on any atom is -0.366 e. The normalized spacial score (nSPS) is 9.87. The fourth-order valence-electron chi connectivity index (χ4n) is 1.37. The Kier molecular flexibility index (Phi) is 2.46. The lowest BCUT2D eigenvalue weighted by Crippen LogP contribution is -2.10. The summed E-state index contributed by atoms with van der Waals surface area (Å²) >= 11 is 0. The van der Waals surface area contributed by atoms with E-state index in [1.165, 1.54) is 0 Å². The highest BCUT2D eigenvalue weighted by atomic mass is 16.1. The molecule has 1 heterocycles. The molecule has 0 unspecified atom stereocenters. The molecular weight excluding hydrogens is 188 g/mol. The average Bonchev–Trinajstić information content (AvgIpc) is 2.30. The number of carbonyl (C=O) groups is 1. The van der Waals surface area contributed by atoms with E-state index in [2.05, 4.69) is 4.98 Å². The maximum atomic E-state index is 11.0. The standard InChI is InChI=1S/C12H10N2O/c13-12(15)10-5-3-4-9(8-10)11-6-1-2-7-14-11/h1-8H,(H2,13,15). The number of pyridine rings is 1. The second kappa shape index (κ2) is 3.92. The molecule has 0 saturated heterocycles. The Bertz CT molecular complexity index is 480. The van der Waals surface area contributed by atoms with Crippen molar-refractivity contribution >= 4 is 5.91 Å². The first-order chi connectivity index (χ1) is 7.27. The van der Waals surface area contributed by atoms with E-state index in [0.29, 0.717) is 5.56 Å². The molecule has 3 nitrogen and oxygen atoms in total. The summed E-state index contributed by atoms with van der Waals surface area (Å²) in [6.07, 6.45) is 1.71. The van der Waals surface area contributed by atoms with Crippen LogP contribution in [0.1, 0.15) is 10.4 Å². The molecule has 0 fully saturated rings. The lowest BCUT2D eigenvalue weighted by atomic mass is 10.1. The first-order valence-corrected chi connectivity index (χ1v) is 4.58. The van der Waals surface area contributed by atoms with Crippen LogP contribution in [0.2, 0.25) is 0 Å². The number of primary amides is 1. The summed E-state index contributed by atoms with van der Waals surface area (Å²) in [7, 11) is 0. The van der Waals surface area contributed by atoms with Crippen LogP contribution in [0, 0.1) is 0 Å². The van der Waals surface area contributed by atoms with Gasteiger partial charge in [-0.1, -0.05) is 18.2 Å². The quantitative estimate of drug-likeness (QED) is 0.800. The monoisotopic (exact) mass is 198 g/mol. The van der Waals surface area contributed by atoms with Gasteiger partial charge in [-0.05, 0) is 24.3 Å². The molecule has 0 aliphatic heterocycles. The van der Waals surface area contributed by atoms with Crippen molar-refractivity contribution < 1.29 is 4.79 Å². The third-order valence-corrected chi connectivity index (χ3v) is 2.11. The van der Waals surface area contributed by atoms with Gasteiger partial charge in [0.1, 0.15) is 0 Å². The van der Waals surface area contributed by atoms with Crippen molar-refractivity contribution in [3.8, 4) is 11.3 Å². The van der Waals surface area contributed by atoms with E-state index >= 15 is 0 Å². The molecule has 0 aliphatic rings. The minimum absolute atomic E-state index is 0.423. The van der Waals surface area contributed by atoms with Gasteiger partial charge >= 0.3 is 0 Å². The van der Waals surface area contributed by atoms with E-state index in [1.54, 1.807) is 24.4 Å². The summed E-state index contributed by atoms with van der Waals surface area (Å²) in [5.74, 6) is -0.423. The lowest BCUT2D eigenvalue weighted by molar-refractivity contribution is 0.100. The molecular formula is C12H10N2O. The molecule has 0 bridgehead atoms. The molecule has 0 atom stereocenters. The van der Waals surface area contributed by atoms with E-state index in [1.807, 2.05) is 24.3 Å². The summed E-state index contributed by atoms with van der Waals surface area (Å²) in [5, 5.41) is 0. The molecule has 1 amide bonds. The average molecular weight is 198 g/mol. The van der Waals surface area contributed by atoms with Gasteiger partial charge in [0.2, 0.25) is 5.91 Å². The van der Waals surface area contributed by atoms with Crippen molar-refractivity contribution in [1.82, 2.24) is 4.98 Å². The van der Waals surface area contributed by atoms with Gasteiger partial charge in [-0.3, -0.25) is 9.78 Å². The molecule has 0 radical (unpaired) electrons.